The van der Waals surface area contributed by atoms with E-state index in [0.717, 1.165) is 0 Å². The molecule has 0 bridgehead atoms. The highest BCUT2D eigenvalue weighted by atomic mass is 35.5. The predicted molar refractivity (Wildman–Crippen MR) is 68.3 cm³/mol. The highest BCUT2D eigenvalue weighted by molar-refractivity contribution is 6.39. The van der Waals surface area contributed by atoms with Gasteiger partial charge in [-0.1, -0.05) is 29.3 Å². The van der Waals surface area contributed by atoms with E-state index in [4.69, 9.17) is 28.5 Å². The Hall–Kier alpha value is -1.24. The predicted octanol–water partition coefficient (Wildman–Crippen LogP) is 3.37. The summed E-state index contributed by atoms with van der Waals surface area (Å²) in [4.78, 5) is 13.7. The number of carbonyl (C=O) groups is 1. The van der Waals surface area contributed by atoms with E-state index in [1.54, 1.807) is 23.1 Å². The maximum absolute atomic E-state index is 12.2. The molecule has 0 aliphatic heterocycles. The number of halogens is 2. The van der Waals surface area contributed by atoms with Crippen LogP contribution in [0.15, 0.2) is 18.2 Å². The molecule has 0 aliphatic carbocycles. The third kappa shape index (κ3) is 3.36. The second kappa shape index (κ2) is 6.48. The second-order valence-corrected chi connectivity index (χ2v) is 4.20. The molecule has 0 unspecified atom stereocenters. The van der Waals surface area contributed by atoms with E-state index in [0.29, 0.717) is 35.1 Å². The lowest BCUT2D eigenvalue weighted by molar-refractivity contribution is 0.0768. The van der Waals surface area contributed by atoms with Crippen LogP contribution in [-0.4, -0.2) is 23.9 Å². The van der Waals surface area contributed by atoms with Crippen LogP contribution in [0, 0.1) is 11.3 Å². The van der Waals surface area contributed by atoms with Crippen LogP contribution in [0.4, 0.5) is 0 Å². The maximum atomic E-state index is 12.2. The molecule has 90 valence electrons. The first-order valence-electron chi connectivity index (χ1n) is 5.22. The average molecular weight is 271 g/mol. The standard InChI is InChI=1S/C12H12Cl2N2O/c1-2-16(8-4-7-15)12(17)11-9(13)5-3-6-10(11)14/h3,5-6H,2,4,8H2,1H3. The third-order valence-corrected chi connectivity index (χ3v) is 2.97. The van der Waals surface area contributed by atoms with Crippen molar-refractivity contribution in [3.05, 3.63) is 33.8 Å². The van der Waals surface area contributed by atoms with Crippen molar-refractivity contribution in [3.8, 4) is 6.07 Å². The summed E-state index contributed by atoms with van der Waals surface area (Å²) in [5.74, 6) is -0.238. The van der Waals surface area contributed by atoms with Crippen molar-refractivity contribution in [2.45, 2.75) is 13.3 Å². The number of benzene rings is 1. The SMILES string of the molecule is CCN(CCC#N)C(=O)c1c(Cl)cccc1Cl. The lowest BCUT2D eigenvalue weighted by Gasteiger charge is -2.20. The zero-order valence-electron chi connectivity index (χ0n) is 9.41. The minimum atomic E-state index is -0.238. The minimum absolute atomic E-state index is 0.238. The van der Waals surface area contributed by atoms with E-state index in [9.17, 15) is 4.79 Å². The van der Waals surface area contributed by atoms with E-state index < -0.39 is 0 Å². The van der Waals surface area contributed by atoms with Crippen molar-refractivity contribution in [2.24, 2.45) is 0 Å². The van der Waals surface area contributed by atoms with Crippen LogP contribution in [0.2, 0.25) is 10.0 Å². The summed E-state index contributed by atoms with van der Waals surface area (Å²) >= 11 is 11.9. The number of hydrogen-bond donors (Lipinski definition) is 0. The second-order valence-electron chi connectivity index (χ2n) is 3.39. The van der Waals surface area contributed by atoms with Gasteiger partial charge in [0.2, 0.25) is 0 Å². The summed E-state index contributed by atoms with van der Waals surface area (Å²) in [7, 11) is 0. The summed E-state index contributed by atoms with van der Waals surface area (Å²) in [6, 6.07) is 6.94. The molecule has 0 saturated heterocycles. The van der Waals surface area contributed by atoms with Gasteiger partial charge in [-0.05, 0) is 19.1 Å². The number of rotatable bonds is 4. The Balaban J connectivity index is 2.98. The molecule has 0 fully saturated rings. The molecule has 17 heavy (non-hydrogen) atoms. The van der Waals surface area contributed by atoms with Gasteiger partial charge in [0, 0.05) is 13.1 Å². The Kier molecular flexibility index (Phi) is 5.27. The van der Waals surface area contributed by atoms with Gasteiger partial charge in [0.25, 0.3) is 5.91 Å². The summed E-state index contributed by atoms with van der Waals surface area (Å²) in [5, 5.41) is 9.19. The lowest BCUT2D eigenvalue weighted by atomic mass is 10.2. The van der Waals surface area contributed by atoms with Crippen LogP contribution in [0.5, 0.6) is 0 Å². The maximum Gasteiger partial charge on any atom is 0.256 e. The molecule has 5 heteroatoms. The van der Waals surface area contributed by atoms with Gasteiger partial charge in [0.05, 0.1) is 28.1 Å². The monoisotopic (exact) mass is 270 g/mol. The van der Waals surface area contributed by atoms with Gasteiger partial charge in [-0.3, -0.25) is 4.79 Å². The molecule has 1 aromatic carbocycles. The first kappa shape index (κ1) is 13.8. The molecule has 0 spiro atoms. The molecule has 1 amide bonds. The van der Waals surface area contributed by atoms with Gasteiger partial charge in [0.1, 0.15) is 0 Å². The van der Waals surface area contributed by atoms with Crippen molar-refractivity contribution in [1.29, 1.82) is 5.26 Å². The fourth-order valence-corrected chi connectivity index (χ4v) is 2.01. The first-order valence-corrected chi connectivity index (χ1v) is 5.97. The summed E-state index contributed by atoms with van der Waals surface area (Å²) < 4.78 is 0. The van der Waals surface area contributed by atoms with Crippen molar-refractivity contribution >= 4 is 29.1 Å². The van der Waals surface area contributed by atoms with Crippen LogP contribution < -0.4 is 0 Å². The Morgan fingerprint density at radius 1 is 1.41 bits per heavy atom. The molecule has 0 aliphatic rings. The Bertz CT molecular complexity index is 434. The molecule has 0 radical (unpaired) electrons. The normalized spacial score (nSPS) is 9.76. The molecule has 0 atom stereocenters. The van der Waals surface area contributed by atoms with E-state index in [1.165, 1.54) is 0 Å². The summed E-state index contributed by atoms with van der Waals surface area (Å²) in [6.07, 6.45) is 0.293. The number of nitriles is 1. The molecular weight excluding hydrogens is 259 g/mol. The minimum Gasteiger partial charge on any atom is -0.338 e. The zero-order valence-corrected chi connectivity index (χ0v) is 10.9. The van der Waals surface area contributed by atoms with Gasteiger partial charge in [-0.15, -0.1) is 0 Å². The van der Waals surface area contributed by atoms with Crippen molar-refractivity contribution in [3.63, 3.8) is 0 Å². The van der Waals surface area contributed by atoms with Gasteiger partial charge in [-0.25, -0.2) is 0 Å². The van der Waals surface area contributed by atoms with Gasteiger partial charge in [0.15, 0.2) is 0 Å². The van der Waals surface area contributed by atoms with E-state index in [1.807, 2.05) is 13.0 Å². The van der Waals surface area contributed by atoms with Crippen LogP contribution >= 0.6 is 23.2 Å². The molecule has 0 N–H and O–H groups in total. The van der Waals surface area contributed by atoms with Crippen molar-refractivity contribution in [1.82, 2.24) is 4.90 Å². The summed E-state index contributed by atoms with van der Waals surface area (Å²) in [5.41, 5.74) is 0.302. The Labute approximate surface area is 111 Å². The number of carbonyl (C=O) groups excluding carboxylic acids is 1. The molecule has 1 rings (SSSR count). The van der Waals surface area contributed by atoms with E-state index >= 15 is 0 Å². The highest BCUT2D eigenvalue weighted by Gasteiger charge is 2.19. The van der Waals surface area contributed by atoms with Gasteiger partial charge in [-0.2, -0.15) is 5.26 Å². The van der Waals surface area contributed by atoms with Gasteiger partial charge >= 0.3 is 0 Å². The molecule has 0 aromatic heterocycles. The molecule has 3 nitrogen and oxygen atoms in total. The van der Waals surface area contributed by atoms with Crippen LogP contribution in [-0.2, 0) is 0 Å². The first-order chi connectivity index (χ1) is 8.11. The smallest absolute Gasteiger partial charge is 0.256 e. The highest BCUT2D eigenvalue weighted by Crippen LogP contribution is 2.25. The number of amides is 1. The molecule has 0 saturated carbocycles. The number of hydrogen-bond acceptors (Lipinski definition) is 2. The quantitative estimate of drug-likeness (QED) is 0.842. The largest absolute Gasteiger partial charge is 0.338 e. The average Bonchev–Trinajstić information content (AvgIpc) is 2.30. The topological polar surface area (TPSA) is 44.1 Å². The molecule has 0 heterocycles. The van der Waals surface area contributed by atoms with Crippen LogP contribution in [0.3, 0.4) is 0 Å². The molecule has 1 aromatic rings. The fourth-order valence-electron chi connectivity index (χ4n) is 1.45. The zero-order chi connectivity index (χ0) is 12.8. The number of nitrogens with zero attached hydrogens (tertiary/aromatic N) is 2. The van der Waals surface area contributed by atoms with Crippen molar-refractivity contribution in [2.75, 3.05) is 13.1 Å². The van der Waals surface area contributed by atoms with E-state index in [-0.39, 0.29) is 5.91 Å². The fraction of sp³-hybridized carbons (Fsp3) is 0.333. The lowest BCUT2D eigenvalue weighted by Crippen LogP contribution is -2.32. The Morgan fingerprint density at radius 2 is 2.00 bits per heavy atom. The van der Waals surface area contributed by atoms with Crippen molar-refractivity contribution < 1.29 is 4.79 Å². The van der Waals surface area contributed by atoms with Crippen LogP contribution in [0.1, 0.15) is 23.7 Å². The van der Waals surface area contributed by atoms with E-state index in [2.05, 4.69) is 0 Å². The van der Waals surface area contributed by atoms with Gasteiger partial charge < -0.3 is 4.90 Å². The third-order valence-electron chi connectivity index (χ3n) is 2.34. The summed E-state index contributed by atoms with van der Waals surface area (Å²) in [6.45, 7) is 2.75. The molecular formula is C12H12Cl2N2O. The Morgan fingerprint density at radius 3 is 2.47 bits per heavy atom. The van der Waals surface area contributed by atoms with Crippen LogP contribution in [0.25, 0.3) is 0 Å².